The number of carbonyl (C=O) groups excluding carboxylic acids is 1. The van der Waals surface area contributed by atoms with Gasteiger partial charge in [-0.1, -0.05) is 31.2 Å². The van der Waals surface area contributed by atoms with Crippen molar-refractivity contribution in [2.45, 2.75) is 32.9 Å². The minimum Gasteiger partial charge on any atom is -0.380 e. The Morgan fingerprint density at radius 1 is 1.40 bits per heavy atom. The average molecular weight is 276 g/mol. The predicted octanol–water partition coefficient (Wildman–Crippen LogP) is 2.77. The molecule has 4 heteroatoms. The predicted molar refractivity (Wildman–Crippen MR) is 79.4 cm³/mol. The Hall–Kier alpha value is -1.55. The van der Waals surface area contributed by atoms with Crippen molar-refractivity contribution in [2.24, 2.45) is 5.92 Å². The molecule has 20 heavy (non-hydrogen) atoms. The van der Waals surface area contributed by atoms with Crippen molar-refractivity contribution >= 4 is 6.03 Å². The Morgan fingerprint density at radius 3 is 2.85 bits per heavy atom. The topological polar surface area (TPSA) is 41.6 Å². The number of rotatable bonds is 4. The molecule has 1 aliphatic rings. The fraction of sp³-hybridized carbons (Fsp3) is 0.562. The van der Waals surface area contributed by atoms with E-state index in [0.29, 0.717) is 19.1 Å². The molecular formula is C16H24N2O2. The summed E-state index contributed by atoms with van der Waals surface area (Å²) in [6, 6.07) is 8.10. The molecule has 1 unspecified atom stereocenters. The Bertz CT molecular complexity index is 448. The molecule has 110 valence electrons. The van der Waals surface area contributed by atoms with Gasteiger partial charge in [0.25, 0.3) is 0 Å². The SMILES string of the molecule is COCc1ccccc1CNC(=O)N1CCCC(C)C1. The van der Waals surface area contributed by atoms with Crippen LogP contribution in [-0.4, -0.2) is 31.1 Å². The van der Waals surface area contributed by atoms with Crippen LogP contribution in [0.1, 0.15) is 30.9 Å². The van der Waals surface area contributed by atoms with Gasteiger partial charge in [0.2, 0.25) is 0 Å². The molecule has 1 aromatic carbocycles. The van der Waals surface area contributed by atoms with E-state index in [1.807, 2.05) is 29.2 Å². The number of benzene rings is 1. The lowest BCUT2D eigenvalue weighted by molar-refractivity contribution is 0.169. The van der Waals surface area contributed by atoms with E-state index in [9.17, 15) is 4.79 Å². The maximum atomic E-state index is 12.2. The number of methoxy groups -OCH3 is 1. The lowest BCUT2D eigenvalue weighted by Gasteiger charge is -2.31. The highest BCUT2D eigenvalue weighted by atomic mass is 16.5. The third-order valence-corrected chi connectivity index (χ3v) is 3.79. The maximum Gasteiger partial charge on any atom is 0.317 e. The number of hydrogen-bond acceptors (Lipinski definition) is 2. The molecule has 1 aliphatic heterocycles. The van der Waals surface area contributed by atoms with E-state index in [2.05, 4.69) is 12.2 Å². The number of ether oxygens (including phenoxy) is 1. The molecule has 1 saturated heterocycles. The minimum absolute atomic E-state index is 0.0452. The van der Waals surface area contributed by atoms with Crippen LogP contribution < -0.4 is 5.32 Å². The van der Waals surface area contributed by atoms with E-state index in [1.165, 1.54) is 6.42 Å². The smallest absolute Gasteiger partial charge is 0.317 e. The monoisotopic (exact) mass is 276 g/mol. The number of likely N-dealkylation sites (tertiary alicyclic amines) is 1. The summed E-state index contributed by atoms with van der Waals surface area (Å²) >= 11 is 0. The van der Waals surface area contributed by atoms with Gasteiger partial charge >= 0.3 is 6.03 Å². The number of carbonyl (C=O) groups is 1. The van der Waals surface area contributed by atoms with E-state index in [0.717, 1.165) is 30.6 Å². The summed E-state index contributed by atoms with van der Waals surface area (Å²) in [5.41, 5.74) is 2.25. The van der Waals surface area contributed by atoms with Crippen LogP contribution in [0.4, 0.5) is 4.79 Å². The van der Waals surface area contributed by atoms with Crippen LogP contribution in [0.5, 0.6) is 0 Å². The Morgan fingerprint density at radius 2 is 2.15 bits per heavy atom. The van der Waals surface area contributed by atoms with E-state index in [4.69, 9.17) is 4.74 Å². The molecule has 4 nitrogen and oxygen atoms in total. The third-order valence-electron chi connectivity index (χ3n) is 3.79. The molecule has 1 atom stereocenters. The van der Waals surface area contributed by atoms with Crippen LogP contribution in [-0.2, 0) is 17.9 Å². The number of piperidine rings is 1. The summed E-state index contributed by atoms with van der Waals surface area (Å²) in [6.07, 6.45) is 2.33. The lowest BCUT2D eigenvalue weighted by Crippen LogP contribution is -2.44. The van der Waals surface area contributed by atoms with E-state index >= 15 is 0 Å². The largest absolute Gasteiger partial charge is 0.380 e. The van der Waals surface area contributed by atoms with Crippen molar-refractivity contribution in [3.05, 3.63) is 35.4 Å². The summed E-state index contributed by atoms with van der Waals surface area (Å²) in [5, 5.41) is 3.02. The second-order valence-corrected chi connectivity index (χ2v) is 5.55. The van der Waals surface area contributed by atoms with Crippen molar-refractivity contribution in [1.29, 1.82) is 0 Å². The molecule has 1 aromatic rings. The van der Waals surface area contributed by atoms with Crippen molar-refractivity contribution in [1.82, 2.24) is 10.2 Å². The van der Waals surface area contributed by atoms with Crippen molar-refractivity contribution in [3.63, 3.8) is 0 Å². The van der Waals surface area contributed by atoms with Crippen LogP contribution in [0, 0.1) is 5.92 Å². The summed E-state index contributed by atoms with van der Waals surface area (Å²) < 4.78 is 5.18. The first-order chi connectivity index (χ1) is 9.70. The van der Waals surface area contributed by atoms with Gasteiger partial charge in [-0.05, 0) is 29.9 Å². The van der Waals surface area contributed by atoms with Crippen LogP contribution in [0.2, 0.25) is 0 Å². The first-order valence-corrected chi connectivity index (χ1v) is 7.29. The highest BCUT2D eigenvalue weighted by Gasteiger charge is 2.20. The molecule has 2 amide bonds. The molecule has 0 saturated carbocycles. The van der Waals surface area contributed by atoms with Crippen LogP contribution in [0.25, 0.3) is 0 Å². The maximum absolute atomic E-state index is 12.2. The van der Waals surface area contributed by atoms with Crippen molar-refractivity contribution < 1.29 is 9.53 Å². The standard InChI is InChI=1S/C16H24N2O2/c1-13-6-5-9-18(11-13)16(19)17-10-14-7-3-4-8-15(14)12-20-2/h3-4,7-8,13H,5-6,9-12H2,1-2H3,(H,17,19). The Labute approximate surface area is 121 Å². The molecule has 2 rings (SSSR count). The second-order valence-electron chi connectivity index (χ2n) is 5.55. The first-order valence-electron chi connectivity index (χ1n) is 7.29. The molecule has 0 spiro atoms. The molecular weight excluding hydrogens is 252 g/mol. The normalized spacial score (nSPS) is 18.9. The van der Waals surface area contributed by atoms with E-state index in [1.54, 1.807) is 7.11 Å². The second kappa shape index (κ2) is 7.29. The summed E-state index contributed by atoms with van der Waals surface area (Å²) in [7, 11) is 1.69. The fourth-order valence-corrected chi connectivity index (χ4v) is 2.68. The highest BCUT2D eigenvalue weighted by molar-refractivity contribution is 5.74. The minimum atomic E-state index is 0.0452. The van der Waals surface area contributed by atoms with Crippen LogP contribution in [0.15, 0.2) is 24.3 Å². The molecule has 0 aromatic heterocycles. The van der Waals surface area contributed by atoms with Gasteiger partial charge in [0.1, 0.15) is 0 Å². The number of nitrogens with one attached hydrogen (secondary N) is 1. The zero-order chi connectivity index (χ0) is 14.4. The molecule has 0 bridgehead atoms. The molecule has 0 aliphatic carbocycles. The van der Waals surface area contributed by atoms with Gasteiger partial charge in [0.05, 0.1) is 6.61 Å². The van der Waals surface area contributed by atoms with E-state index in [-0.39, 0.29) is 6.03 Å². The van der Waals surface area contributed by atoms with Gasteiger partial charge in [-0.25, -0.2) is 4.79 Å². The van der Waals surface area contributed by atoms with Gasteiger partial charge < -0.3 is 15.0 Å². The average Bonchev–Trinajstić information content (AvgIpc) is 2.46. The Balaban J connectivity index is 1.89. The van der Waals surface area contributed by atoms with Crippen LogP contribution in [0.3, 0.4) is 0 Å². The van der Waals surface area contributed by atoms with Crippen LogP contribution >= 0.6 is 0 Å². The lowest BCUT2D eigenvalue weighted by atomic mass is 10.0. The van der Waals surface area contributed by atoms with Crippen molar-refractivity contribution in [3.8, 4) is 0 Å². The van der Waals surface area contributed by atoms with Gasteiger partial charge in [-0.2, -0.15) is 0 Å². The number of nitrogens with zero attached hydrogens (tertiary/aromatic N) is 1. The number of urea groups is 1. The highest BCUT2D eigenvalue weighted by Crippen LogP contribution is 2.15. The van der Waals surface area contributed by atoms with Gasteiger partial charge in [0.15, 0.2) is 0 Å². The fourth-order valence-electron chi connectivity index (χ4n) is 2.68. The number of amides is 2. The first kappa shape index (κ1) is 14.9. The molecule has 1 N–H and O–H groups in total. The number of hydrogen-bond donors (Lipinski definition) is 1. The zero-order valence-corrected chi connectivity index (χ0v) is 12.4. The third kappa shape index (κ3) is 3.97. The quantitative estimate of drug-likeness (QED) is 0.918. The summed E-state index contributed by atoms with van der Waals surface area (Å²) in [5.74, 6) is 0.607. The molecule has 1 fully saturated rings. The molecule has 0 radical (unpaired) electrons. The summed E-state index contributed by atoms with van der Waals surface area (Å²) in [4.78, 5) is 14.1. The Kier molecular flexibility index (Phi) is 5.41. The summed E-state index contributed by atoms with van der Waals surface area (Å²) in [6.45, 7) is 5.07. The zero-order valence-electron chi connectivity index (χ0n) is 12.4. The van der Waals surface area contributed by atoms with E-state index < -0.39 is 0 Å². The van der Waals surface area contributed by atoms with Gasteiger partial charge in [-0.15, -0.1) is 0 Å². The van der Waals surface area contributed by atoms with Gasteiger partial charge in [-0.3, -0.25) is 0 Å². The molecule has 1 heterocycles. The van der Waals surface area contributed by atoms with Gasteiger partial charge in [0, 0.05) is 26.7 Å². The van der Waals surface area contributed by atoms with Crippen molar-refractivity contribution in [2.75, 3.05) is 20.2 Å².